The number of hydrogen-bond donors (Lipinski definition) is 3. The molecule has 0 radical (unpaired) electrons. The van der Waals surface area contributed by atoms with E-state index in [2.05, 4.69) is 15.0 Å². The molecule has 9 heteroatoms. The second-order valence-corrected chi connectivity index (χ2v) is 7.93. The predicted octanol–water partition coefficient (Wildman–Crippen LogP) is 3.58. The zero-order valence-corrected chi connectivity index (χ0v) is 17.5. The minimum Gasteiger partial charge on any atom is -0.456 e. The molecule has 4 aromatic rings. The lowest BCUT2D eigenvalue weighted by Crippen LogP contribution is -2.36. The molecule has 2 aromatic carbocycles. The minimum absolute atomic E-state index is 0.139. The van der Waals surface area contributed by atoms with Crippen molar-refractivity contribution in [1.29, 1.82) is 0 Å². The summed E-state index contributed by atoms with van der Waals surface area (Å²) in [6.45, 7) is -0.153. The Labute approximate surface area is 187 Å². The fourth-order valence-corrected chi connectivity index (χ4v) is 3.97. The lowest BCUT2D eigenvalue weighted by Gasteiger charge is -2.15. The fourth-order valence-electron chi connectivity index (χ4n) is 3.71. The van der Waals surface area contributed by atoms with Crippen molar-refractivity contribution in [3.05, 3.63) is 65.4 Å². The maximum absolute atomic E-state index is 13.5. The molecule has 1 aliphatic heterocycles. The predicted molar refractivity (Wildman–Crippen MR) is 117 cm³/mol. The van der Waals surface area contributed by atoms with Crippen LogP contribution in [-0.2, 0) is 4.74 Å². The van der Waals surface area contributed by atoms with Crippen molar-refractivity contribution < 1.29 is 24.1 Å². The Bertz CT molecular complexity index is 1260. The average molecular weight is 456 g/mol. The highest BCUT2D eigenvalue weighted by Gasteiger charge is 2.37. The number of fused-ring (bicyclic) bond motifs is 1. The van der Waals surface area contributed by atoms with Crippen LogP contribution in [0.5, 0.6) is 6.01 Å². The van der Waals surface area contributed by atoms with E-state index in [1.165, 1.54) is 12.1 Å². The number of imidazole rings is 1. The quantitative estimate of drug-likeness (QED) is 0.425. The number of benzene rings is 2. The van der Waals surface area contributed by atoms with E-state index in [9.17, 15) is 14.6 Å². The van der Waals surface area contributed by atoms with Gasteiger partial charge in [-0.3, -0.25) is 0 Å². The van der Waals surface area contributed by atoms with Gasteiger partial charge in [0.25, 0.3) is 6.01 Å². The van der Waals surface area contributed by atoms with Crippen molar-refractivity contribution in [3.63, 3.8) is 0 Å². The SMILES string of the molecule is OC[C@H]1OC[C@@H](Oc2nc3nc(-c4ccc(-c5cccc(F)c5)cc4)c(Cl)cc3[nH]2)[C@@H]1O. The Morgan fingerprint density at radius 3 is 2.59 bits per heavy atom. The Morgan fingerprint density at radius 1 is 1.09 bits per heavy atom. The number of nitrogens with one attached hydrogen (secondary N) is 1. The molecule has 5 rings (SSSR count). The number of nitrogens with zero attached hydrogens (tertiary/aromatic N) is 2. The molecule has 7 nitrogen and oxygen atoms in total. The summed E-state index contributed by atoms with van der Waals surface area (Å²) in [5, 5.41) is 19.8. The normalized spacial score (nSPS) is 20.7. The van der Waals surface area contributed by atoms with Gasteiger partial charge in [-0.05, 0) is 29.3 Å². The maximum Gasteiger partial charge on any atom is 0.296 e. The number of pyridine rings is 1. The van der Waals surface area contributed by atoms with Crippen LogP contribution in [0.3, 0.4) is 0 Å². The number of ether oxygens (including phenoxy) is 2. The second-order valence-electron chi connectivity index (χ2n) is 7.52. The Balaban J connectivity index is 1.41. The van der Waals surface area contributed by atoms with Crippen LogP contribution >= 0.6 is 11.6 Å². The third-order valence-electron chi connectivity index (χ3n) is 5.40. The molecule has 0 aliphatic carbocycles. The first-order valence-corrected chi connectivity index (χ1v) is 10.4. The monoisotopic (exact) mass is 455 g/mol. The third kappa shape index (κ3) is 3.93. The highest BCUT2D eigenvalue weighted by Crippen LogP contribution is 2.31. The molecular formula is C23H19ClFN3O4. The van der Waals surface area contributed by atoms with Crippen LogP contribution in [0.1, 0.15) is 0 Å². The molecular weight excluding hydrogens is 437 g/mol. The van der Waals surface area contributed by atoms with E-state index in [1.807, 2.05) is 30.3 Å². The van der Waals surface area contributed by atoms with Gasteiger partial charge >= 0.3 is 0 Å². The maximum atomic E-state index is 13.5. The van der Waals surface area contributed by atoms with Gasteiger partial charge in [0, 0.05) is 5.56 Å². The van der Waals surface area contributed by atoms with Gasteiger partial charge in [0.1, 0.15) is 18.0 Å². The van der Waals surface area contributed by atoms with Crippen LogP contribution < -0.4 is 4.74 Å². The molecule has 0 unspecified atom stereocenters. The molecule has 2 aromatic heterocycles. The number of rotatable bonds is 5. The second kappa shape index (κ2) is 8.48. The number of hydrogen-bond acceptors (Lipinski definition) is 6. The van der Waals surface area contributed by atoms with E-state index in [0.717, 1.165) is 16.7 Å². The van der Waals surface area contributed by atoms with Crippen LogP contribution in [0.15, 0.2) is 54.6 Å². The van der Waals surface area contributed by atoms with Crippen molar-refractivity contribution in [3.8, 4) is 28.4 Å². The topological polar surface area (TPSA) is 100 Å². The zero-order valence-electron chi connectivity index (χ0n) is 16.7. The number of aromatic nitrogens is 3. The van der Waals surface area contributed by atoms with E-state index in [0.29, 0.717) is 21.9 Å². The van der Waals surface area contributed by atoms with Gasteiger partial charge in [-0.15, -0.1) is 0 Å². The number of aromatic amines is 1. The highest BCUT2D eigenvalue weighted by molar-refractivity contribution is 6.33. The molecule has 0 bridgehead atoms. The minimum atomic E-state index is -0.961. The summed E-state index contributed by atoms with van der Waals surface area (Å²) in [5.74, 6) is -0.290. The van der Waals surface area contributed by atoms with E-state index >= 15 is 0 Å². The van der Waals surface area contributed by atoms with Crippen molar-refractivity contribution in [2.24, 2.45) is 0 Å². The first-order chi connectivity index (χ1) is 15.5. The number of halogens is 2. The summed E-state index contributed by atoms with van der Waals surface area (Å²) >= 11 is 6.47. The molecule has 1 saturated heterocycles. The number of aliphatic hydroxyl groups is 2. The zero-order chi connectivity index (χ0) is 22.2. The van der Waals surface area contributed by atoms with Gasteiger partial charge in [0.2, 0.25) is 0 Å². The molecule has 0 amide bonds. The smallest absolute Gasteiger partial charge is 0.296 e. The molecule has 3 atom stereocenters. The van der Waals surface area contributed by atoms with Crippen LogP contribution in [0, 0.1) is 5.82 Å². The largest absolute Gasteiger partial charge is 0.456 e. The summed E-state index contributed by atoms with van der Waals surface area (Å²) in [6.07, 6.45) is -2.30. The van der Waals surface area contributed by atoms with Gasteiger partial charge < -0.3 is 24.7 Å². The van der Waals surface area contributed by atoms with Crippen LogP contribution in [0.4, 0.5) is 4.39 Å². The summed E-state index contributed by atoms with van der Waals surface area (Å²) < 4.78 is 24.5. The fraction of sp³-hybridized carbons (Fsp3) is 0.217. The Kier molecular flexibility index (Phi) is 5.52. The first-order valence-electron chi connectivity index (χ1n) is 10.0. The van der Waals surface area contributed by atoms with E-state index in [1.54, 1.807) is 12.1 Å². The lowest BCUT2D eigenvalue weighted by atomic mass is 10.0. The van der Waals surface area contributed by atoms with E-state index in [4.69, 9.17) is 21.1 Å². The summed E-state index contributed by atoms with van der Waals surface area (Å²) in [4.78, 5) is 11.9. The average Bonchev–Trinajstić information content (AvgIpc) is 3.35. The number of H-pyrrole nitrogens is 1. The number of aliphatic hydroxyl groups excluding tert-OH is 2. The van der Waals surface area contributed by atoms with Gasteiger partial charge in [0.05, 0.1) is 29.4 Å². The Morgan fingerprint density at radius 2 is 1.88 bits per heavy atom. The van der Waals surface area contributed by atoms with Crippen molar-refractivity contribution in [1.82, 2.24) is 15.0 Å². The molecule has 32 heavy (non-hydrogen) atoms. The molecule has 164 valence electrons. The summed E-state index contributed by atoms with van der Waals surface area (Å²) in [7, 11) is 0. The highest BCUT2D eigenvalue weighted by atomic mass is 35.5. The van der Waals surface area contributed by atoms with Gasteiger partial charge in [0.15, 0.2) is 11.8 Å². The first kappa shape index (κ1) is 20.8. The lowest BCUT2D eigenvalue weighted by molar-refractivity contribution is -0.00390. The molecule has 0 spiro atoms. The van der Waals surface area contributed by atoms with Gasteiger partial charge in [-0.1, -0.05) is 48.0 Å². The van der Waals surface area contributed by atoms with Crippen LogP contribution in [0.25, 0.3) is 33.5 Å². The molecule has 3 heterocycles. The standard InChI is InChI=1S/C23H19ClFN3O4/c24-16-9-17-22(28-23(26-17)32-19-11-31-18(10-29)21(19)30)27-20(16)13-6-4-12(5-7-13)14-2-1-3-15(25)8-14/h1-9,18-19,21,29-30H,10-11H2,(H,26,27,28)/t18-,19-,21-/m1/s1. The van der Waals surface area contributed by atoms with Gasteiger partial charge in [-0.2, -0.15) is 4.98 Å². The van der Waals surface area contributed by atoms with Gasteiger partial charge in [-0.25, -0.2) is 9.37 Å². The summed E-state index contributed by atoms with van der Waals surface area (Å²) in [5.41, 5.74) is 3.97. The molecule has 3 N–H and O–H groups in total. The van der Waals surface area contributed by atoms with Crippen molar-refractivity contribution in [2.75, 3.05) is 13.2 Å². The third-order valence-corrected chi connectivity index (χ3v) is 5.69. The Hall–Kier alpha value is -3.04. The van der Waals surface area contributed by atoms with Crippen molar-refractivity contribution in [2.45, 2.75) is 18.3 Å². The van der Waals surface area contributed by atoms with Crippen LogP contribution in [-0.4, -0.2) is 56.7 Å². The molecule has 1 aliphatic rings. The molecule has 0 saturated carbocycles. The summed E-state index contributed by atoms with van der Waals surface area (Å²) in [6, 6.07) is 15.8. The van der Waals surface area contributed by atoms with E-state index < -0.39 is 18.3 Å². The van der Waals surface area contributed by atoms with Crippen LogP contribution in [0.2, 0.25) is 5.02 Å². The van der Waals surface area contributed by atoms with E-state index in [-0.39, 0.29) is 25.0 Å². The molecule has 1 fully saturated rings. The van der Waals surface area contributed by atoms with Crippen molar-refractivity contribution >= 4 is 22.8 Å².